The van der Waals surface area contributed by atoms with E-state index in [4.69, 9.17) is 0 Å². The van der Waals surface area contributed by atoms with E-state index in [0.29, 0.717) is 4.83 Å². The highest BCUT2D eigenvalue weighted by molar-refractivity contribution is 9.09. The SMILES string of the molecule is CCc1cc(CN2CCC(Br)C(C)C2)n(CC)n1. The summed E-state index contributed by atoms with van der Waals surface area (Å²) in [5.41, 5.74) is 2.59. The van der Waals surface area contributed by atoms with E-state index in [9.17, 15) is 0 Å². The van der Waals surface area contributed by atoms with Crippen LogP contribution in [0.25, 0.3) is 0 Å². The van der Waals surface area contributed by atoms with E-state index >= 15 is 0 Å². The Morgan fingerprint density at radius 3 is 2.83 bits per heavy atom. The van der Waals surface area contributed by atoms with Gasteiger partial charge in [-0.2, -0.15) is 5.10 Å². The van der Waals surface area contributed by atoms with Gasteiger partial charge in [0.05, 0.1) is 11.4 Å². The molecule has 0 radical (unpaired) electrons. The molecular weight excluding hydrogens is 290 g/mol. The Morgan fingerprint density at radius 2 is 2.22 bits per heavy atom. The maximum absolute atomic E-state index is 4.63. The number of alkyl halides is 1. The van der Waals surface area contributed by atoms with Crippen LogP contribution in [0.5, 0.6) is 0 Å². The minimum atomic E-state index is 0.691. The largest absolute Gasteiger partial charge is 0.297 e. The van der Waals surface area contributed by atoms with E-state index in [1.165, 1.54) is 30.9 Å². The van der Waals surface area contributed by atoms with Gasteiger partial charge in [0.2, 0.25) is 0 Å². The molecule has 1 aromatic heterocycles. The van der Waals surface area contributed by atoms with Gasteiger partial charge in [-0.15, -0.1) is 0 Å². The number of nitrogens with zero attached hydrogens (tertiary/aromatic N) is 3. The Balaban J connectivity index is 2.02. The average molecular weight is 314 g/mol. The van der Waals surface area contributed by atoms with Crippen LogP contribution in [0.2, 0.25) is 0 Å². The molecule has 2 unspecified atom stereocenters. The Labute approximate surface area is 119 Å². The van der Waals surface area contributed by atoms with Crippen LogP contribution in [0, 0.1) is 5.92 Å². The molecule has 102 valence electrons. The van der Waals surface area contributed by atoms with Crippen molar-refractivity contribution in [3.05, 3.63) is 17.5 Å². The standard InChI is InChI=1S/C14H24BrN3/c1-4-12-8-13(18(5-2)16-12)10-17-7-6-14(15)11(3)9-17/h8,11,14H,4-7,9-10H2,1-3H3. The van der Waals surface area contributed by atoms with Crippen molar-refractivity contribution < 1.29 is 0 Å². The molecule has 0 amide bonds. The predicted octanol–water partition coefficient (Wildman–Crippen LogP) is 3.07. The van der Waals surface area contributed by atoms with Crippen molar-refractivity contribution in [1.82, 2.24) is 14.7 Å². The van der Waals surface area contributed by atoms with Gasteiger partial charge < -0.3 is 0 Å². The number of rotatable bonds is 4. The van der Waals surface area contributed by atoms with Crippen molar-refractivity contribution in [3.63, 3.8) is 0 Å². The topological polar surface area (TPSA) is 21.1 Å². The molecule has 1 aromatic rings. The quantitative estimate of drug-likeness (QED) is 0.797. The van der Waals surface area contributed by atoms with Gasteiger partial charge in [-0.3, -0.25) is 9.58 Å². The maximum Gasteiger partial charge on any atom is 0.0625 e. The van der Waals surface area contributed by atoms with E-state index in [1.807, 2.05) is 0 Å². The van der Waals surface area contributed by atoms with Crippen LogP contribution in [0.3, 0.4) is 0 Å². The van der Waals surface area contributed by atoms with Gasteiger partial charge in [0, 0.05) is 24.5 Å². The second kappa shape index (κ2) is 6.20. The fourth-order valence-corrected chi connectivity index (χ4v) is 3.04. The predicted molar refractivity (Wildman–Crippen MR) is 79.1 cm³/mol. The molecule has 0 N–H and O–H groups in total. The molecule has 0 aliphatic carbocycles. The van der Waals surface area contributed by atoms with Gasteiger partial charge in [-0.05, 0) is 38.3 Å². The molecule has 2 rings (SSSR count). The summed E-state index contributed by atoms with van der Waals surface area (Å²) in [6.07, 6.45) is 2.28. The first kappa shape index (κ1) is 14.1. The van der Waals surface area contributed by atoms with Gasteiger partial charge in [-0.1, -0.05) is 29.8 Å². The molecule has 18 heavy (non-hydrogen) atoms. The third-order valence-electron chi connectivity index (χ3n) is 3.85. The summed E-state index contributed by atoms with van der Waals surface area (Å²) in [7, 11) is 0. The number of aryl methyl sites for hydroxylation is 2. The molecule has 0 saturated carbocycles. The van der Waals surface area contributed by atoms with Gasteiger partial charge in [0.25, 0.3) is 0 Å². The molecule has 2 atom stereocenters. The third-order valence-corrected chi connectivity index (χ3v) is 5.21. The van der Waals surface area contributed by atoms with Gasteiger partial charge >= 0.3 is 0 Å². The van der Waals surface area contributed by atoms with Crippen LogP contribution in [-0.4, -0.2) is 32.6 Å². The Morgan fingerprint density at radius 1 is 1.44 bits per heavy atom. The molecule has 4 heteroatoms. The molecule has 1 saturated heterocycles. The minimum Gasteiger partial charge on any atom is -0.297 e. The Kier molecular flexibility index (Phi) is 4.84. The van der Waals surface area contributed by atoms with Crippen molar-refractivity contribution in [2.75, 3.05) is 13.1 Å². The molecular formula is C14H24BrN3. The molecule has 3 nitrogen and oxygen atoms in total. The van der Waals surface area contributed by atoms with Gasteiger partial charge in [0.1, 0.15) is 0 Å². The highest BCUT2D eigenvalue weighted by Crippen LogP contribution is 2.24. The van der Waals surface area contributed by atoms with Crippen molar-refractivity contribution in [1.29, 1.82) is 0 Å². The average Bonchev–Trinajstić information content (AvgIpc) is 2.76. The van der Waals surface area contributed by atoms with Gasteiger partial charge in [0.15, 0.2) is 0 Å². The van der Waals surface area contributed by atoms with E-state index in [0.717, 1.165) is 25.4 Å². The number of aromatic nitrogens is 2. The lowest BCUT2D eigenvalue weighted by Crippen LogP contribution is -2.39. The number of hydrogen-bond donors (Lipinski definition) is 0. The summed E-state index contributed by atoms with van der Waals surface area (Å²) in [5.74, 6) is 0.738. The zero-order chi connectivity index (χ0) is 13.1. The molecule has 2 heterocycles. The first-order chi connectivity index (χ1) is 8.63. The van der Waals surface area contributed by atoms with Gasteiger partial charge in [-0.25, -0.2) is 0 Å². The van der Waals surface area contributed by atoms with E-state index in [-0.39, 0.29) is 0 Å². The summed E-state index contributed by atoms with van der Waals surface area (Å²) < 4.78 is 2.16. The number of halogens is 1. The Hall–Kier alpha value is -0.350. The summed E-state index contributed by atoms with van der Waals surface area (Å²) in [6, 6.07) is 2.27. The molecule has 1 aliphatic heterocycles. The fourth-order valence-electron chi connectivity index (χ4n) is 2.66. The summed E-state index contributed by atoms with van der Waals surface area (Å²) >= 11 is 3.77. The molecule has 0 aromatic carbocycles. The molecule has 0 spiro atoms. The van der Waals surface area contributed by atoms with E-state index in [1.54, 1.807) is 0 Å². The second-order valence-electron chi connectivity index (χ2n) is 5.31. The summed E-state index contributed by atoms with van der Waals surface area (Å²) in [5, 5.41) is 4.63. The van der Waals surface area contributed by atoms with Crippen LogP contribution in [0.4, 0.5) is 0 Å². The normalized spacial score (nSPS) is 25.6. The number of piperidine rings is 1. The van der Waals surface area contributed by atoms with Crippen LogP contribution in [-0.2, 0) is 19.5 Å². The Bertz CT molecular complexity index is 388. The van der Waals surface area contributed by atoms with Crippen molar-refractivity contribution >= 4 is 15.9 Å². The van der Waals surface area contributed by atoms with Crippen LogP contribution in [0.15, 0.2) is 6.07 Å². The number of likely N-dealkylation sites (tertiary alicyclic amines) is 1. The highest BCUT2D eigenvalue weighted by Gasteiger charge is 2.24. The van der Waals surface area contributed by atoms with Crippen LogP contribution >= 0.6 is 15.9 Å². The summed E-state index contributed by atoms with van der Waals surface area (Å²) in [6.45, 7) is 11.1. The molecule has 1 aliphatic rings. The lowest BCUT2D eigenvalue weighted by atomic mass is 10.00. The van der Waals surface area contributed by atoms with Crippen molar-refractivity contribution in [2.45, 2.75) is 51.5 Å². The smallest absolute Gasteiger partial charge is 0.0625 e. The minimum absolute atomic E-state index is 0.691. The van der Waals surface area contributed by atoms with Crippen LogP contribution in [0.1, 0.15) is 38.6 Å². The number of hydrogen-bond acceptors (Lipinski definition) is 2. The van der Waals surface area contributed by atoms with E-state index in [2.05, 4.69) is 57.4 Å². The zero-order valence-corrected chi connectivity index (χ0v) is 13.3. The zero-order valence-electron chi connectivity index (χ0n) is 11.7. The molecule has 1 fully saturated rings. The maximum atomic E-state index is 4.63. The lowest BCUT2D eigenvalue weighted by Gasteiger charge is -2.34. The lowest BCUT2D eigenvalue weighted by molar-refractivity contribution is 0.179. The van der Waals surface area contributed by atoms with Crippen molar-refractivity contribution in [3.8, 4) is 0 Å². The first-order valence-electron chi connectivity index (χ1n) is 7.06. The second-order valence-corrected chi connectivity index (χ2v) is 6.49. The summed E-state index contributed by atoms with van der Waals surface area (Å²) in [4.78, 5) is 3.25. The monoisotopic (exact) mass is 313 g/mol. The highest BCUT2D eigenvalue weighted by atomic mass is 79.9. The third kappa shape index (κ3) is 3.15. The fraction of sp³-hybridized carbons (Fsp3) is 0.786. The van der Waals surface area contributed by atoms with Crippen molar-refractivity contribution in [2.24, 2.45) is 5.92 Å². The first-order valence-corrected chi connectivity index (χ1v) is 7.97. The van der Waals surface area contributed by atoms with E-state index < -0.39 is 0 Å². The molecule has 0 bridgehead atoms. The van der Waals surface area contributed by atoms with Crippen LogP contribution < -0.4 is 0 Å².